The molecular weight excluding hydrogens is 346 g/mol. The van der Waals surface area contributed by atoms with Gasteiger partial charge in [-0.15, -0.1) is 6.58 Å². The van der Waals surface area contributed by atoms with Gasteiger partial charge in [0.15, 0.2) is 0 Å². The van der Waals surface area contributed by atoms with Crippen LogP contribution in [0.1, 0.15) is 6.42 Å². The van der Waals surface area contributed by atoms with E-state index >= 15 is 0 Å². The third-order valence-corrected chi connectivity index (χ3v) is 4.27. The number of urea groups is 1. The summed E-state index contributed by atoms with van der Waals surface area (Å²) in [7, 11) is 1.44. The van der Waals surface area contributed by atoms with E-state index in [-0.39, 0.29) is 24.7 Å². The van der Waals surface area contributed by atoms with Crippen LogP contribution >= 0.6 is 11.8 Å². The third kappa shape index (κ3) is 5.96. The van der Waals surface area contributed by atoms with Crippen LogP contribution in [-0.4, -0.2) is 84.3 Å². The molecule has 140 valence electrons. The minimum atomic E-state index is -0.863. The molecule has 0 unspecified atom stereocenters. The second-order valence-corrected chi connectivity index (χ2v) is 6.53. The van der Waals surface area contributed by atoms with Gasteiger partial charge in [-0.2, -0.15) is 11.8 Å². The van der Waals surface area contributed by atoms with E-state index in [0.717, 1.165) is 0 Å². The molecule has 0 spiro atoms. The molecule has 0 saturated carbocycles. The lowest BCUT2D eigenvalue weighted by Crippen LogP contribution is -2.57. The van der Waals surface area contributed by atoms with Crippen molar-refractivity contribution in [1.82, 2.24) is 20.4 Å². The van der Waals surface area contributed by atoms with Gasteiger partial charge >= 0.3 is 6.03 Å². The molecule has 0 aromatic heterocycles. The van der Waals surface area contributed by atoms with Crippen LogP contribution in [0.5, 0.6) is 0 Å². The summed E-state index contributed by atoms with van der Waals surface area (Å²) in [6.07, 6.45) is 3.77. The first kappa shape index (κ1) is 20.8. The van der Waals surface area contributed by atoms with Crippen molar-refractivity contribution in [3.8, 4) is 0 Å². The topological polar surface area (TPSA) is 125 Å². The zero-order valence-corrected chi connectivity index (χ0v) is 15.3. The number of rotatable bonds is 8. The molecule has 1 rings (SSSR count). The van der Waals surface area contributed by atoms with Crippen molar-refractivity contribution in [3.05, 3.63) is 12.7 Å². The number of nitrogens with two attached hydrogens (primary N) is 1. The maximum absolute atomic E-state index is 12.7. The standard InChI is InChI=1S/C15H25N5O4S/c1-4-6-17-15(24)18-10-5-7-20(12(22)9-25-3)13(10)14(23)19(2)8-11(16)21/h4,10,13H,1,5-9H2,2-3H3,(H2,16,21)(H2,17,18,24)/t10-,13-/m0/s1. The molecule has 25 heavy (non-hydrogen) atoms. The number of hydrogen-bond acceptors (Lipinski definition) is 5. The first-order valence-electron chi connectivity index (χ1n) is 7.78. The molecule has 1 heterocycles. The lowest BCUT2D eigenvalue weighted by molar-refractivity contribution is -0.143. The summed E-state index contributed by atoms with van der Waals surface area (Å²) in [5, 5.41) is 5.29. The van der Waals surface area contributed by atoms with Gasteiger partial charge in [0.1, 0.15) is 6.04 Å². The second-order valence-electron chi connectivity index (χ2n) is 5.66. The lowest BCUT2D eigenvalue weighted by atomic mass is 10.1. The minimum Gasteiger partial charge on any atom is -0.368 e. The molecule has 1 saturated heterocycles. The molecule has 4 N–H and O–H groups in total. The van der Waals surface area contributed by atoms with E-state index < -0.39 is 29.9 Å². The van der Waals surface area contributed by atoms with Crippen molar-refractivity contribution in [1.29, 1.82) is 0 Å². The fraction of sp³-hybridized carbons (Fsp3) is 0.600. The third-order valence-electron chi connectivity index (χ3n) is 3.73. The maximum Gasteiger partial charge on any atom is 0.315 e. The van der Waals surface area contributed by atoms with Crippen molar-refractivity contribution in [2.24, 2.45) is 5.73 Å². The fourth-order valence-corrected chi connectivity index (χ4v) is 3.07. The SMILES string of the molecule is C=CCNC(=O)N[C@H]1CCN(C(=O)CSC)[C@@H]1C(=O)N(C)CC(N)=O. The highest BCUT2D eigenvalue weighted by Gasteiger charge is 2.43. The Morgan fingerprint density at radius 3 is 2.64 bits per heavy atom. The van der Waals surface area contributed by atoms with Crippen LogP contribution in [0.4, 0.5) is 4.79 Å². The number of primary amides is 1. The fourth-order valence-electron chi connectivity index (χ4n) is 2.66. The molecule has 0 aliphatic carbocycles. The molecule has 10 heteroatoms. The number of carbonyl (C=O) groups is 4. The van der Waals surface area contributed by atoms with E-state index in [2.05, 4.69) is 17.2 Å². The monoisotopic (exact) mass is 371 g/mol. The first-order chi connectivity index (χ1) is 11.8. The van der Waals surface area contributed by atoms with Gasteiger partial charge in [-0.1, -0.05) is 6.08 Å². The van der Waals surface area contributed by atoms with Gasteiger partial charge in [0.25, 0.3) is 0 Å². The Morgan fingerprint density at radius 2 is 2.08 bits per heavy atom. The molecule has 0 aromatic carbocycles. The Balaban J connectivity index is 2.93. The van der Waals surface area contributed by atoms with Crippen LogP contribution in [-0.2, 0) is 14.4 Å². The van der Waals surface area contributed by atoms with Crippen LogP contribution in [0.2, 0.25) is 0 Å². The number of carbonyl (C=O) groups excluding carboxylic acids is 4. The predicted octanol–water partition coefficient (Wildman–Crippen LogP) is -1.25. The van der Waals surface area contributed by atoms with Crippen molar-refractivity contribution in [2.75, 3.05) is 38.7 Å². The summed E-state index contributed by atoms with van der Waals surface area (Å²) in [5.74, 6) is -1.03. The van der Waals surface area contributed by atoms with Crippen LogP contribution in [0.15, 0.2) is 12.7 Å². The smallest absolute Gasteiger partial charge is 0.315 e. The molecule has 0 bridgehead atoms. The summed E-state index contributed by atoms with van der Waals surface area (Å²) in [6.45, 7) is 3.90. The van der Waals surface area contributed by atoms with E-state index in [1.807, 2.05) is 0 Å². The molecule has 1 aliphatic heterocycles. The van der Waals surface area contributed by atoms with Crippen molar-refractivity contribution in [3.63, 3.8) is 0 Å². The van der Waals surface area contributed by atoms with Crippen molar-refractivity contribution >= 4 is 35.5 Å². The molecule has 5 amide bonds. The zero-order chi connectivity index (χ0) is 19.0. The average molecular weight is 371 g/mol. The number of amides is 5. The highest BCUT2D eigenvalue weighted by Crippen LogP contribution is 2.21. The largest absolute Gasteiger partial charge is 0.368 e. The average Bonchev–Trinajstić information content (AvgIpc) is 2.95. The Hall–Kier alpha value is -2.23. The van der Waals surface area contributed by atoms with Gasteiger partial charge < -0.3 is 26.2 Å². The number of likely N-dealkylation sites (tertiary alicyclic amines) is 1. The maximum atomic E-state index is 12.7. The Labute approximate surface area is 151 Å². The molecule has 9 nitrogen and oxygen atoms in total. The zero-order valence-electron chi connectivity index (χ0n) is 14.5. The quantitative estimate of drug-likeness (QED) is 0.460. The van der Waals surface area contributed by atoms with Crippen LogP contribution in [0.25, 0.3) is 0 Å². The van der Waals surface area contributed by atoms with E-state index in [4.69, 9.17) is 5.73 Å². The van der Waals surface area contributed by atoms with Gasteiger partial charge in [0.05, 0.1) is 18.3 Å². The Morgan fingerprint density at radius 1 is 1.40 bits per heavy atom. The van der Waals surface area contributed by atoms with Gasteiger partial charge in [0, 0.05) is 20.1 Å². The van der Waals surface area contributed by atoms with Crippen molar-refractivity contribution in [2.45, 2.75) is 18.5 Å². The number of nitrogens with zero attached hydrogens (tertiary/aromatic N) is 2. The van der Waals surface area contributed by atoms with E-state index in [0.29, 0.717) is 13.0 Å². The van der Waals surface area contributed by atoms with Gasteiger partial charge in [-0.05, 0) is 12.7 Å². The van der Waals surface area contributed by atoms with Crippen LogP contribution < -0.4 is 16.4 Å². The summed E-state index contributed by atoms with van der Waals surface area (Å²) in [5.41, 5.74) is 5.14. The second kappa shape index (κ2) is 9.92. The minimum absolute atomic E-state index is 0.186. The van der Waals surface area contributed by atoms with Crippen LogP contribution in [0, 0.1) is 0 Å². The normalized spacial score (nSPS) is 19.2. The summed E-state index contributed by atoms with van der Waals surface area (Å²) >= 11 is 1.35. The van der Waals surface area contributed by atoms with Gasteiger partial charge in [-0.25, -0.2) is 4.79 Å². The van der Waals surface area contributed by atoms with E-state index in [9.17, 15) is 19.2 Å². The number of hydrogen-bond donors (Lipinski definition) is 3. The first-order valence-corrected chi connectivity index (χ1v) is 9.18. The van der Waals surface area contributed by atoms with E-state index in [1.54, 1.807) is 6.26 Å². The summed E-state index contributed by atoms with van der Waals surface area (Å²) in [4.78, 5) is 50.7. The number of likely N-dealkylation sites (N-methyl/N-ethyl adjacent to an activating group) is 1. The summed E-state index contributed by atoms with van der Waals surface area (Å²) in [6, 6.07) is -1.85. The van der Waals surface area contributed by atoms with Crippen molar-refractivity contribution < 1.29 is 19.2 Å². The number of thioether (sulfide) groups is 1. The molecular formula is C15H25N5O4S. The molecule has 0 aromatic rings. The summed E-state index contributed by atoms with van der Waals surface area (Å²) < 4.78 is 0. The molecule has 2 atom stereocenters. The highest BCUT2D eigenvalue weighted by atomic mass is 32.2. The molecule has 1 aliphatic rings. The Kier molecular flexibility index (Phi) is 8.26. The number of nitrogens with one attached hydrogen (secondary N) is 2. The molecule has 0 radical (unpaired) electrons. The Bertz CT molecular complexity index is 542. The highest BCUT2D eigenvalue weighted by molar-refractivity contribution is 7.99. The lowest BCUT2D eigenvalue weighted by Gasteiger charge is -2.30. The van der Waals surface area contributed by atoms with Gasteiger partial charge in [-0.3, -0.25) is 14.4 Å². The van der Waals surface area contributed by atoms with Gasteiger partial charge in [0.2, 0.25) is 17.7 Å². The predicted molar refractivity (Wildman–Crippen MR) is 95.9 cm³/mol. The van der Waals surface area contributed by atoms with Crippen LogP contribution in [0.3, 0.4) is 0 Å². The van der Waals surface area contributed by atoms with E-state index in [1.165, 1.54) is 34.7 Å². The molecule has 1 fully saturated rings.